The fraction of sp³-hybridized carbons (Fsp3) is 0.333. The van der Waals surface area contributed by atoms with Crippen molar-refractivity contribution in [3.8, 4) is 17.0 Å². The van der Waals surface area contributed by atoms with Crippen molar-refractivity contribution >= 4 is 11.6 Å². The van der Waals surface area contributed by atoms with Crippen molar-refractivity contribution in [2.75, 3.05) is 37.7 Å². The summed E-state index contributed by atoms with van der Waals surface area (Å²) in [6.07, 6.45) is 2.13. The van der Waals surface area contributed by atoms with Crippen LogP contribution in [0.15, 0.2) is 54.6 Å². The lowest BCUT2D eigenvalue weighted by Gasteiger charge is -2.35. The van der Waals surface area contributed by atoms with E-state index in [1.807, 2.05) is 29.2 Å². The van der Waals surface area contributed by atoms with Gasteiger partial charge in [0.1, 0.15) is 17.3 Å². The van der Waals surface area contributed by atoms with Crippen LogP contribution in [-0.2, 0) is 0 Å². The van der Waals surface area contributed by atoms with Crippen LogP contribution in [0.1, 0.15) is 30.3 Å². The van der Waals surface area contributed by atoms with Gasteiger partial charge in [-0.25, -0.2) is 4.39 Å². The maximum absolute atomic E-state index is 13.1. The summed E-state index contributed by atoms with van der Waals surface area (Å²) < 4.78 is 18.8. The van der Waals surface area contributed by atoms with Gasteiger partial charge in [0.15, 0.2) is 0 Å². The number of hydrogen-bond acceptors (Lipinski definition) is 4. The van der Waals surface area contributed by atoms with Crippen molar-refractivity contribution in [3.05, 3.63) is 66.1 Å². The van der Waals surface area contributed by atoms with Crippen LogP contribution in [-0.4, -0.2) is 53.8 Å². The maximum Gasteiger partial charge on any atom is 0.272 e. The number of rotatable bonds is 7. The van der Waals surface area contributed by atoms with Crippen LogP contribution in [0.2, 0.25) is 0 Å². The molecule has 2 aromatic carbocycles. The molecule has 2 heterocycles. The monoisotopic (exact) mass is 422 g/mol. The molecule has 1 aromatic heterocycles. The quantitative estimate of drug-likeness (QED) is 0.575. The van der Waals surface area contributed by atoms with Crippen molar-refractivity contribution in [2.45, 2.75) is 19.8 Å². The number of carbonyl (C=O) groups is 1. The number of piperazine rings is 1. The van der Waals surface area contributed by atoms with Crippen LogP contribution in [0.3, 0.4) is 0 Å². The number of amides is 1. The molecule has 0 atom stereocenters. The lowest BCUT2D eigenvalue weighted by atomic mass is 10.1. The average Bonchev–Trinajstić information content (AvgIpc) is 3.30. The first kappa shape index (κ1) is 20.9. The summed E-state index contributed by atoms with van der Waals surface area (Å²) in [6.45, 7) is 5.47. The lowest BCUT2D eigenvalue weighted by molar-refractivity contribution is 0.0741. The molecule has 0 spiro atoms. The third-order valence-electron chi connectivity index (χ3n) is 5.48. The number of benzene rings is 2. The fourth-order valence-corrected chi connectivity index (χ4v) is 3.63. The predicted molar refractivity (Wildman–Crippen MR) is 119 cm³/mol. The van der Waals surface area contributed by atoms with Gasteiger partial charge in [0.05, 0.1) is 12.3 Å². The third kappa shape index (κ3) is 5.05. The molecular formula is C24H27FN4O2. The van der Waals surface area contributed by atoms with Gasteiger partial charge in [-0.2, -0.15) is 5.10 Å². The fourth-order valence-electron chi connectivity index (χ4n) is 3.63. The number of aromatic amines is 1. The molecule has 4 rings (SSSR count). The third-order valence-corrected chi connectivity index (χ3v) is 5.48. The molecule has 0 radical (unpaired) electrons. The molecule has 162 valence electrons. The molecule has 7 heteroatoms. The van der Waals surface area contributed by atoms with E-state index in [2.05, 4.69) is 22.0 Å². The van der Waals surface area contributed by atoms with Crippen molar-refractivity contribution in [1.82, 2.24) is 15.1 Å². The number of nitrogens with one attached hydrogen (secondary N) is 1. The molecule has 31 heavy (non-hydrogen) atoms. The minimum atomic E-state index is -0.244. The normalized spacial score (nSPS) is 14.0. The number of aromatic nitrogens is 2. The van der Waals surface area contributed by atoms with Crippen molar-refractivity contribution in [1.29, 1.82) is 0 Å². The molecular weight excluding hydrogens is 395 g/mol. The van der Waals surface area contributed by atoms with Crippen molar-refractivity contribution < 1.29 is 13.9 Å². The van der Waals surface area contributed by atoms with Crippen LogP contribution in [0.5, 0.6) is 5.75 Å². The van der Waals surface area contributed by atoms with Gasteiger partial charge < -0.3 is 14.5 Å². The van der Waals surface area contributed by atoms with Gasteiger partial charge in [0.25, 0.3) is 5.91 Å². The second kappa shape index (κ2) is 9.64. The van der Waals surface area contributed by atoms with Gasteiger partial charge in [0, 0.05) is 37.4 Å². The molecule has 1 amide bonds. The Morgan fingerprint density at radius 1 is 1.06 bits per heavy atom. The Bertz CT molecular complexity index is 993. The number of ether oxygens (including phenoxy) is 1. The number of halogens is 1. The molecule has 0 unspecified atom stereocenters. The molecule has 1 saturated heterocycles. The predicted octanol–water partition coefficient (Wildman–Crippen LogP) is 4.36. The zero-order valence-electron chi connectivity index (χ0n) is 17.7. The molecule has 0 bridgehead atoms. The smallest absolute Gasteiger partial charge is 0.272 e. The second-order valence-corrected chi connectivity index (χ2v) is 7.65. The summed E-state index contributed by atoms with van der Waals surface area (Å²) in [5.74, 6) is 0.534. The van der Waals surface area contributed by atoms with E-state index in [9.17, 15) is 9.18 Å². The van der Waals surface area contributed by atoms with Crippen LogP contribution in [0.4, 0.5) is 10.1 Å². The van der Waals surface area contributed by atoms with Crippen molar-refractivity contribution in [2.24, 2.45) is 0 Å². The average molecular weight is 423 g/mol. The molecule has 1 aliphatic rings. The number of unbranched alkanes of at least 4 members (excludes halogenated alkanes) is 1. The Morgan fingerprint density at radius 2 is 1.77 bits per heavy atom. The number of carbonyl (C=O) groups excluding carboxylic acids is 1. The summed E-state index contributed by atoms with van der Waals surface area (Å²) in [4.78, 5) is 16.9. The molecule has 3 aromatic rings. The number of anilines is 1. The van der Waals surface area contributed by atoms with E-state index in [0.29, 0.717) is 38.5 Å². The van der Waals surface area contributed by atoms with Crippen molar-refractivity contribution in [3.63, 3.8) is 0 Å². The van der Waals surface area contributed by atoms with E-state index >= 15 is 0 Å². The van der Waals surface area contributed by atoms with Crippen LogP contribution in [0, 0.1) is 5.82 Å². The topological polar surface area (TPSA) is 61.5 Å². The van der Waals surface area contributed by atoms with E-state index in [1.54, 1.807) is 18.2 Å². The minimum Gasteiger partial charge on any atom is -0.494 e. The maximum atomic E-state index is 13.1. The zero-order valence-corrected chi connectivity index (χ0v) is 17.7. The first-order valence-electron chi connectivity index (χ1n) is 10.7. The molecule has 1 aliphatic heterocycles. The Labute approximate surface area is 181 Å². The number of H-pyrrole nitrogens is 1. The first-order chi connectivity index (χ1) is 15.1. The summed E-state index contributed by atoms with van der Waals surface area (Å²) in [5.41, 5.74) is 3.11. The Hall–Kier alpha value is -3.35. The number of nitrogens with zero attached hydrogens (tertiary/aromatic N) is 3. The zero-order chi connectivity index (χ0) is 21.6. The lowest BCUT2D eigenvalue weighted by Crippen LogP contribution is -2.48. The summed E-state index contributed by atoms with van der Waals surface area (Å²) in [7, 11) is 0. The van der Waals surface area contributed by atoms with Gasteiger partial charge >= 0.3 is 0 Å². The summed E-state index contributed by atoms with van der Waals surface area (Å²) in [6, 6.07) is 16.0. The largest absolute Gasteiger partial charge is 0.494 e. The van der Waals surface area contributed by atoms with Gasteiger partial charge in [-0.3, -0.25) is 9.89 Å². The van der Waals surface area contributed by atoms with Crippen LogP contribution in [0.25, 0.3) is 11.3 Å². The van der Waals surface area contributed by atoms with Crippen LogP contribution < -0.4 is 9.64 Å². The second-order valence-electron chi connectivity index (χ2n) is 7.65. The summed E-state index contributed by atoms with van der Waals surface area (Å²) >= 11 is 0. The van der Waals surface area contributed by atoms with E-state index in [4.69, 9.17) is 4.74 Å². The van der Waals surface area contributed by atoms with Gasteiger partial charge in [0.2, 0.25) is 0 Å². The molecule has 6 nitrogen and oxygen atoms in total. The van der Waals surface area contributed by atoms with E-state index in [-0.39, 0.29) is 11.7 Å². The first-order valence-corrected chi connectivity index (χ1v) is 10.7. The molecule has 0 saturated carbocycles. The highest BCUT2D eigenvalue weighted by atomic mass is 19.1. The molecule has 0 aliphatic carbocycles. The van der Waals surface area contributed by atoms with E-state index in [1.165, 1.54) is 12.1 Å². The Kier molecular flexibility index (Phi) is 6.50. The van der Waals surface area contributed by atoms with Crippen LogP contribution >= 0.6 is 0 Å². The van der Waals surface area contributed by atoms with Gasteiger partial charge in [-0.05, 0) is 61.0 Å². The Balaban J connectivity index is 1.34. The number of hydrogen-bond donors (Lipinski definition) is 1. The summed E-state index contributed by atoms with van der Waals surface area (Å²) in [5, 5.41) is 7.20. The van der Waals surface area contributed by atoms with Gasteiger partial charge in [-0.15, -0.1) is 0 Å². The van der Waals surface area contributed by atoms with E-state index < -0.39 is 0 Å². The highest BCUT2D eigenvalue weighted by molar-refractivity contribution is 5.93. The SMILES string of the molecule is CCCCOc1ccc(-c2cc(C(=O)N3CCN(c4ccc(F)cc4)CC3)[nH]n2)cc1. The van der Waals surface area contributed by atoms with E-state index in [0.717, 1.165) is 35.5 Å². The standard InChI is InChI=1S/C24H27FN4O2/c1-2-3-16-31-21-10-4-18(5-11-21)22-17-23(27-26-22)24(30)29-14-12-28(13-15-29)20-8-6-19(25)7-9-20/h4-11,17H,2-3,12-16H2,1H3,(H,26,27). The highest BCUT2D eigenvalue weighted by Gasteiger charge is 2.24. The Morgan fingerprint density at radius 3 is 2.45 bits per heavy atom. The molecule has 1 N–H and O–H groups in total. The van der Waals surface area contributed by atoms with Gasteiger partial charge in [-0.1, -0.05) is 13.3 Å². The highest BCUT2D eigenvalue weighted by Crippen LogP contribution is 2.23. The minimum absolute atomic E-state index is 0.0583. The molecule has 1 fully saturated rings.